The largest absolute Gasteiger partial charge is 0.504 e. The number of phenols is 12. The van der Waals surface area contributed by atoms with E-state index < -0.39 is 162 Å². The molecule has 22 nitrogen and oxygen atoms in total. The Morgan fingerprint density at radius 2 is 0.779 bits per heavy atom. The van der Waals surface area contributed by atoms with Crippen molar-refractivity contribution in [3.8, 4) is 69.0 Å². The van der Waals surface area contributed by atoms with Crippen molar-refractivity contribution in [2.75, 3.05) is 0 Å². The number of Topliss-reactive ketones (excluding diaryl/α,β-unsaturated/α-hetero) is 4. The summed E-state index contributed by atoms with van der Waals surface area (Å²) in [6.45, 7) is 2.05. The summed E-state index contributed by atoms with van der Waals surface area (Å²) in [6, 6.07) is 2.73. The van der Waals surface area contributed by atoms with Crippen LogP contribution in [0.4, 0.5) is 0 Å². The first-order valence-corrected chi connectivity index (χ1v) is 21.2. The molecule has 6 atom stereocenters. The normalized spacial score (nSPS) is 22.9. The summed E-state index contributed by atoms with van der Waals surface area (Å²) in [5, 5.41) is 188. The van der Waals surface area contributed by atoms with Gasteiger partial charge in [0, 0.05) is 22.3 Å². The first kappa shape index (κ1) is 51.9. The molecular formula is C46H52O22. The van der Waals surface area contributed by atoms with Gasteiger partial charge in [-0.25, -0.2) is 0 Å². The lowest BCUT2D eigenvalue weighted by molar-refractivity contribution is -0.399. The fourth-order valence-electron chi connectivity index (χ4n) is 8.43. The first-order chi connectivity index (χ1) is 31.7. The molecule has 0 amide bonds. The summed E-state index contributed by atoms with van der Waals surface area (Å²) in [5.74, 6) is -28.3. The number of unbranched alkanes of at least 4 members (excludes halogenated alkanes) is 9. The van der Waals surface area contributed by atoms with Gasteiger partial charge in [-0.1, -0.05) is 71.1 Å². The Bertz CT molecular complexity index is 2520. The van der Waals surface area contributed by atoms with Gasteiger partial charge in [0.2, 0.25) is 23.0 Å². The quantitative estimate of drug-likeness (QED) is 0.0344. The highest BCUT2D eigenvalue weighted by atomic mass is 16.7. The molecule has 1 aliphatic heterocycles. The number of carbonyl (C=O) groups excluding carboxylic acids is 4. The summed E-state index contributed by atoms with van der Waals surface area (Å²) < 4.78 is 5.63. The van der Waals surface area contributed by atoms with E-state index in [1.165, 1.54) is 0 Å². The minimum absolute atomic E-state index is 0.0117. The molecule has 1 unspecified atom stereocenters. The average molecular weight is 957 g/mol. The lowest BCUT2D eigenvalue weighted by atomic mass is 9.54. The van der Waals surface area contributed by atoms with Crippen LogP contribution < -0.4 is 0 Å². The van der Waals surface area contributed by atoms with Crippen molar-refractivity contribution in [2.45, 2.75) is 112 Å². The number of aromatic hydroxyl groups is 12. The van der Waals surface area contributed by atoms with E-state index in [-0.39, 0.29) is 6.42 Å². The van der Waals surface area contributed by atoms with E-state index >= 15 is 9.59 Å². The maximum absolute atomic E-state index is 15.3. The molecule has 1 heterocycles. The van der Waals surface area contributed by atoms with Gasteiger partial charge in [0.15, 0.2) is 86.0 Å². The Kier molecular flexibility index (Phi) is 15.0. The van der Waals surface area contributed by atoms with Crippen molar-refractivity contribution in [3.63, 3.8) is 0 Å². The third-order valence-corrected chi connectivity index (χ3v) is 12.2. The summed E-state index contributed by atoms with van der Waals surface area (Å²) in [4.78, 5) is 59.5. The van der Waals surface area contributed by atoms with Gasteiger partial charge >= 0.3 is 0 Å². The third-order valence-electron chi connectivity index (χ3n) is 12.2. The second kappa shape index (κ2) is 19.6. The van der Waals surface area contributed by atoms with E-state index in [1.54, 1.807) is 0 Å². The molecule has 4 aromatic rings. The number of hydrogen-bond acceptors (Lipinski definition) is 22. The van der Waals surface area contributed by atoms with Gasteiger partial charge < -0.3 is 91.5 Å². The highest BCUT2D eigenvalue weighted by Gasteiger charge is 2.84. The number of carbonyl (C=O) groups is 4. The highest BCUT2D eigenvalue weighted by molar-refractivity contribution is 6.16. The highest BCUT2D eigenvalue weighted by Crippen LogP contribution is 2.57. The van der Waals surface area contributed by atoms with E-state index in [4.69, 9.17) is 4.74 Å². The molecule has 5 rings (SSSR count). The lowest BCUT2D eigenvalue weighted by Crippen LogP contribution is -2.90. The maximum Gasteiger partial charge on any atom is 0.265 e. The number of rotatable bonds is 20. The van der Waals surface area contributed by atoms with Crippen LogP contribution in [0.3, 0.4) is 0 Å². The van der Waals surface area contributed by atoms with E-state index in [2.05, 4.69) is 0 Å². The van der Waals surface area contributed by atoms with Crippen LogP contribution in [0.15, 0.2) is 48.5 Å². The number of phenolic OH excluding ortho intramolecular Hbond substituents is 12. The van der Waals surface area contributed by atoms with Crippen LogP contribution >= 0.6 is 0 Å². The Hall–Kier alpha value is -7.08. The van der Waals surface area contributed by atoms with Gasteiger partial charge in [-0.2, -0.15) is 0 Å². The predicted molar refractivity (Wildman–Crippen MR) is 230 cm³/mol. The van der Waals surface area contributed by atoms with Crippen molar-refractivity contribution < 1.29 is 111 Å². The van der Waals surface area contributed by atoms with E-state index in [1.807, 2.05) is 6.92 Å². The molecule has 68 heavy (non-hydrogen) atoms. The molecule has 17 N–H and O–H groups in total. The summed E-state index contributed by atoms with van der Waals surface area (Å²) in [5.41, 5.74) is -18.3. The fourth-order valence-corrected chi connectivity index (χ4v) is 8.43. The summed E-state index contributed by atoms with van der Waals surface area (Å²) >= 11 is 0. The van der Waals surface area contributed by atoms with Crippen molar-refractivity contribution in [1.82, 2.24) is 0 Å². The molecule has 368 valence electrons. The number of aliphatic hydroxyl groups excluding tert-OH is 1. The number of ether oxygens (including phenoxy) is 1. The molecule has 1 saturated heterocycles. The number of aliphatic hydroxyl groups is 5. The Morgan fingerprint density at radius 1 is 0.471 bits per heavy atom. The van der Waals surface area contributed by atoms with Crippen molar-refractivity contribution in [1.29, 1.82) is 0 Å². The second-order valence-electron chi connectivity index (χ2n) is 16.7. The molecule has 4 aromatic carbocycles. The van der Waals surface area contributed by atoms with E-state index in [0.717, 1.165) is 32.1 Å². The van der Waals surface area contributed by atoms with Crippen LogP contribution in [0.25, 0.3) is 0 Å². The van der Waals surface area contributed by atoms with Crippen LogP contribution in [-0.2, 0) is 4.74 Å². The van der Waals surface area contributed by atoms with Gasteiger partial charge in [-0.05, 0) is 55.0 Å². The topological polar surface area (TPSA) is 421 Å². The third kappa shape index (κ3) is 8.79. The van der Waals surface area contributed by atoms with Crippen LogP contribution in [-0.4, -0.2) is 145 Å². The van der Waals surface area contributed by atoms with Gasteiger partial charge in [-0.15, -0.1) is 0 Å². The number of hydrogen-bond donors (Lipinski definition) is 17. The smallest absolute Gasteiger partial charge is 0.265 e. The molecule has 0 bridgehead atoms. The van der Waals surface area contributed by atoms with E-state index in [0.29, 0.717) is 67.8 Å². The van der Waals surface area contributed by atoms with Gasteiger partial charge in [0.1, 0.15) is 12.2 Å². The zero-order valence-corrected chi connectivity index (χ0v) is 36.2. The SMILES string of the molecule is CCCCCCCCCCCC[C@@]1(O)[C@](O)(C(=O)c2cc(O)c(O)c(O)c2)[C@@](O)(C(=O)c2cc(O)c(O)c(O)c2)[C@@H](C(O)C(=O)c2cc(O)c(O)c(O)c2)O[C@]1(O)C(=O)c1cc(O)c(O)c(O)c1. The zero-order valence-electron chi connectivity index (χ0n) is 36.2. The van der Waals surface area contributed by atoms with Crippen molar-refractivity contribution >= 4 is 23.1 Å². The number of ketones is 4. The van der Waals surface area contributed by atoms with E-state index in [9.17, 15) is 96.4 Å². The van der Waals surface area contributed by atoms with Crippen LogP contribution in [0.2, 0.25) is 0 Å². The standard InChI is InChI=1S/C46H52O22/c1-2-3-4-5-6-7-8-9-10-11-12-43(64)45(66,40(62)23-17-29(51)36(58)30(52)18-23)44(65,39(61)22-15-27(49)35(57)28(50)16-22)42(38(60)33(55)21-13-25(47)34(56)26(48)14-21)68-46(43,67)41(63)24-19-31(53)37(59)32(54)20-24/h13-20,38,42,47-54,56-60,64-67H,2-12H2,1H3/t38?,42-,43-,44-,45-,46-/m1/s1. The molecule has 1 aliphatic rings. The maximum atomic E-state index is 15.3. The Balaban J connectivity index is 1.87. The molecule has 0 radical (unpaired) electrons. The van der Waals surface area contributed by atoms with Gasteiger partial charge in [0.25, 0.3) is 5.79 Å². The predicted octanol–water partition coefficient (Wildman–Crippen LogP) is 2.94. The summed E-state index contributed by atoms with van der Waals surface area (Å²) in [7, 11) is 0. The first-order valence-electron chi connectivity index (χ1n) is 21.2. The molecule has 0 aliphatic carbocycles. The van der Waals surface area contributed by atoms with Crippen molar-refractivity contribution in [2.24, 2.45) is 0 Å². The lowest BCUT2D eigenvalue weighted by Gasteiger charge is -2.62. The molecule has 0 spiro atoms. The number of benzene rings is 4. The van der Waals surface area contributed by atoms with Gasteiger partial charge in [0.05, 0.1) is 0 Å². The minimum Gasteiger partial charge on any atom is -0.504 e. The minimum atomic E-state index is -4.75. The molecular weight excluding hydrogens is 904 g/mol. The Labute approximate surface area is 385 Å². The summed E-state index contributed by atoms with van der Waals surface area (Å²) in [6.07, 6.45) is -2.34. The molecule has 1 fully saturated rings. The zero-order chi connectivity index (χ0) is 50.8. The second-order valence-corrected chi connectivity index (χ2v) is 16.7. The van der Waals surface area contributed by atoms with Crippen LogP contribution in [0.5, 0.6) is 69.0 Å². The fraction of sp³-hybridized carbons (Fsp3) is 0.391. The monoisotopic (exact) mass is 956 g/mol. The average Bonchev–Trinajstić information content (AvgIpc) is 3.30. The van der Waals surface area contributed by atoms with Gasteiger partial charge in [-0.3, -0.25) is 19.2 Å². The molecule has 22 heteroatoms. The molecule has 0 aromatic heterocycles. The molecule has 0 saturated carbocycles. The van der Waals surface area contributed by atoms with Crippen molar-refractivity contribution in [3.05, 3.63) is 70.8 Å². The Morgan fingerprint density at radius 3 is 1.15 bits per heavy atom. The van der Waals surface area contributed by atoms with Crippen LogP contribution in [0, 0.1) is 0 Å². The van der Waals surface area contributed by atoms with Crippen LogP contribution in [0.1, 0.15) is 119 Å².